The molecule has 0 spiro atoms. The monoisotopic (exact) mass is 389 g/mol. The van der Waals surface area contributed by atoms with E-state index in [9.17, 15) is 14.4 Å². The molecule has 1 heterocycles. The van der Waals surface area contributed by atoms with Crippen LogP contribution in [0.2, 0.25) is 5.02 Å². The zero-order valence-corrected chi connectivity index (χ0v) is 15.7. The second-order valence-electron chi connectivity index (χ2n) is 5.88. The summed E-state index contributed by atoms with van der Waals surface area (Å²) in [5, 5.41) is 3.10. The van der Waals surface area contributed by atoms with Gasteiger partial charge in [-0.25, -0.2) is 4.79 Å². The topological polar surface area (TPSA) is 72.5 Å². The number of ketones is 1. The Morgan fingerprint density at radius 1 is 1.15 bits per heavy atom. The highest BCUT2D eigenvalue weighted by molar-refractivity contribution is 8.00. The summed E-state index contributed by atoms with van der Waals surface area (Å²) in [7, 11) is 0. The molecule has 0 fully saturated rings. The fraction of sp³-hybridized carbons (Fsp3) is 0.211. The lowest BCUT2D eigenvalue weighted by Gasteiger charge is -2.21. The highest BCUT2D eigenvalue weighted by atomic mass is 35.5. The van der Waals surface area contributed by atoms with Crippen LogP contribution < -0.4 is 5.32 Å². The van der Waals surface area contributed by atoms with Crippen molar-refractivity contribution < 1.29 is 19.1 Å². The van der Waals surface area contributed by atoms with Gasteiger partial charge in [0.2, 0.25) is 11.7 Å². The van der Waals surface area contributed by atoms with E-state index in [1.54, 1.807) is 42.5 Å². The van der Waals surface area contributed by atoms with Crippen molar-refractivity contribution in [3.05, 3.63) is 58.6 Å². The van der Waals surface area contributed by atoms with Crippen molar-refractivity contribution >= 4 is 46.7 Å². The number of esters is 1. The van der Waals surface area contributed by atoms with Gasteiger partial charge in [0, 0.05) is 15.5 Å². The third-order valence-electron chi connectivity index (χ3n) is 3.93. The number of carbonyl (C=O) groups is 3. The van der Waals surface area contributed by atoms with Crippen LogP contribution in [0.5, 0.6) is 0 Å². The molecule has 0 aromatic heterocycles. The predicted octanol–water partition coefficient (Wildman–Crippen LogP) is 4.20. The third kappa shape index (κ3) is 3.92. The number of ether oxygens (including phenoxy) is 1. The molecule has 26 heavy (non-hydrogen) atoms. The molecule has 1 amide bonds. The third-order valence-corrected chi connectivity index (χ3v) is 5.36. The van der Waals surface area contributed by atoms with E-state index >= 15 is 0 Å². The second-order valence-corrected chi connectivity index (χ2v) is 7.70. The summed E-state index contributed by atoms with van der Waals surface area (Å²) in [5.41, 5.74) is 1.26. The number of carbonyl (C=O) groups excluding carboxylic acids is 3. The highest BCUT2D eigenvalue weighted by Crippen LogP contribution is 2.36. The molecule has 0 bridgehead atoms. The highest BCUT2D eigenvalue weighted by Gasteiger charge is 2.25. The Bertz CT molecular complexity index is 882. The molecule has 5 nitrogen and oxygen atoms in total. The number of amides is 1. The molecule has 0 saturated carbocycles. The van der Waals surface area contributed by atoms with Crippen LogP contribution in [0.25, 0.3) is 0 Å². The van der Waals surface area contributed by atoms with Crippen molar-refractivity contribution in [3.63, 3.8) is 0 Å². The maximum absolute atomic E-state index is 12.4. The largest absolute Gasteiger partial charge is 0.451 e. The van der Waals surface area contributed by atoms with Crippen molar-refractivity contribution in [2.24, 2.45) is 0 Å². The number of hydrogen-bond donors (Lipinski definition) is 1. The van der Waals surface area contributed by atoms with Crippen molar-refractivity contribution in [1.29, 1.82) is 0 Å². The molecule has 2 unspecified atom stereocenters. The first-order valence-corrected chi connectivity index (χ1v) is 9.23. The molecule has 0 radical (unpaired) electrons. The van der Waals surface area contributed by atoms with Gasteiger partial charge in [0.05, 0.1) is 16.5 Å². The van der Waals surface area contributed by atoms with E-state index in [1.165, 1.54) is 18.7 Å². The molecule has 1 aliphatic heterocycles. The van der Waals surface area contributed by atoms with Crippen molar-refractivity contribution in [2.75, 3.05) is 5.32 Å². The van der Waals surface area contributed by atoms with Gasteiger partial charge in [-0.05, 0) is 56.3 Å². The number of rotatable bonds is 4. The van der Waals surface area contributed by atoms with Gasteiger partial charge in [-0.1, -0.05) is 11.6 Å². The SMILES string of the molecule is CC(OC(=O)c1ccc2c(c1)NC(=O)C(C)S2)C(=O)c1ccc(Cl)cc1. The average molecular weight is 390 g/mol. The number of hydrogen-bond acceptors (Lipinski definition) is 5. The molecule has 1 aliphatic rings. The molecule has 2 atom stereocenters. The zero-order chi connectivity index (χ0) is 18.8. The Kier molecular flexibility index (Phi) is 5.34. The Hall–Kier alpha value is -2.31. The summed E-state index contributed by atoms with van der Waals surface area (Å²) in [6, 6.07) is 11.3. The van der Waals surface area contributed by atoms with Crippen LogP contribution in [-0.4, -0.2) is 29.0 Å². The number of fused-ring (bicyclic) bond motifs is 1. The Balaban J connectivity index is 1.72. The van der Waals surface area contributed by atoms with Crippen LogP contribution in [0, 0.1) is 0 Å². The van der Waals surface area contributed by atoms with E-state index < -0.39 is 12.1 Å². The van der Waals surface area contributed by atoms with Gasteiger partial charge in [0.1, 0.15) is 0 Å². The van der Waals surface area contributed by atoms with E-state index in [-0.39, 0.29) is 22.5 Å². The van der Waals surface area contributed by atoms with Crippen LogP contribution in [-0.2, 0) is 9.53 Å². The van der Waals surface area contributed by atoms with Crippen LogP contribution in [0.15, 0.2) is 47.4 Å². The Labute approximate surface area is 160 Å². The molecular weight excluding hydrogens is 374 g/mol. The average Bonchev–Trinajstić information content (AvgIpc) is 2.62. The van der Waals surface area contributed by atoms with Gasteiger partial charge in [0.25, 0.3) is 0 Å². The summed E-state index contributed by atoms with van der Waals surface area (Å²) in [6.45, 7) is 3.34. The van der Waals surface area contributed by atoms with Gasteiger partial charge >= 0.3 is 5.97 Å². The Morgan fingerprint density at radius 3 is 2.50 bits per heavy atom. The van der Waals surface area contributed by atoms with Crippen LogP contribution in [0.1, 0.15) is 34.6 Å². The van der Waals surface area contributed by atoms with E-state index in [2.05, 4.69) is 5.32 Å². The van der Waals surface area contributed by atoms with Gasteiger partial charge < -0.3 is 10.1 Å². The summed E-state index contributed by atoms with van der Waals surface area (Å²) >= 11 is 7.24. The Morgan fingerprint density at radius 2 is 1.81 bits per heavy atom. The quantitative estimate of drug-likeness (QED) is 0.626. The lowest BCUT2D eigenvalue weighted by molar-refractivity contribution is -0.115. The fourth-order valence-corrected chi connectivity index (χ4v) is 3.52. The first-order chi connectivity index (χ1) is 12.3. The minimum Gasteiger partial charge on any atom is -0.451 e. The molecule has 0 saturated heterocycles. The van der Waals surface area contributed by atoms with Gasteiger partial charge in [0.15, 0.2) is 6.10 Å². The molecule has 0 aliphatic carbocycles. The molecule has 7 heteroatoms. The summed E-state index contributed by atoms with van der Waals surface area (Å²) in [4.78, 5) is 37.4. The molecular formula is C19H16ClNO4S. The van der Waals surface area contributed by atoms with Crippen molar-refractivity contribution in [1.82, 2.24) is 0 Å². The molecule has 2 aromatic rings. The van der Waals surface area contributed by atoms with E-state index in [1.807, 2.05) is 6.92 Å². The van der Waals surface area contributed by atoms with Crippen LogP contribution in [0.3, 0.4) is 0 Å². The first-order valence-electron chi connectivity index (χ1n) is 7.97. The number of halogens is 1. The van der Waals surface area contributed by atoms with E-state index in [0.717, 1.165) is 4.90 Å². The standard InChI is InChI=1S/C19H16ClNO4S/c1-10(17(22)12-3-6-14(20)7-4-12)25-19(24)13-5-8-16-15(9-13)21-18(23)11(2)26-16/h3-11H,1-2H3,(H,21,23). The number of thioether (sulfide) groups is 1. The summed E-state index contributed by atoms with van der Waals surface area (Å²) in [5.74, 6) is -1.05. The van der Waals surface area contributed by atoms with Gasteiger partial charge in [-0.3, -0.25) is 9.59 Å². The predicted molar refractivity (Wildman–Crippen MR) is 101 cm³/mol. The van der Waals surface area contributed by atoms with Crippen molar-refractivity contribution in [2.45, 2.75) is 30.1 Å². The normalized spacial score (nSPS) is 17.0. The van der Waals surface area contributed by atoms with Gasteiger partial charge in [-0.15, -0.1) is 11.8 Å². The lowest BCUT2D eigenvalue weighted by Crippen LogP contribution is -2.27. The summed E-state index contributed by atoms with van der Waals surface area (Å²) < 4.78 is 5.28. The number of anilines is 1. The second kappa shape index (κ2) is 7.51. The van der Waals surface area contributed by atoms with Crippen LogP contribution >= 0.6 is 23.4 Å². The molecule has 3 rings (SSSR count). The van der Waals surface area contributed by atoms with Crippen LogP contribution in [0.4, 0.5) is 5.69 Å². The van der Waals surface area contributed by atoms with Gasteiger partial charge in [-0.2, -0.15) is 0 Å². The first kappa shape index (κ1) is 18.5. The zero-order valence-electron chi connectivity index (χ0n) is 14.1. The molecule has 2 aromatic carbocycles. The van der Waals surface area contributed by atoms with E-state index in [4.69, 9.17) is 16.3 Å². The minimum absolute atomic E-state index is 0.112. The lowest BCUT2D eigenvalue weighted by atomic mass is 10.1. The maximum atomic E-state index is 12.4. The number of Topliss-reactive ketones (excluding diaryl/α,β-unsaturated/α-hetero) is 1. The smallest absolute Gasteiger partial charge is 0.338 e. The maximum Gasteiger partial charge on any atom is 0.338 e. The van der Waals surface area contributed by atoms with Crippen molar-refractivity contribution in [3.8, 4) is 0 Å². The molecule has 1 N–H and O–H groups in total. The number of benzene rings is 2. The van der Waals surface area contributed by atoms with E-state index in [0.29, 0.717) is 16.3 Å². The summed E-state index contributed by atoms with van der Waals surface area (Å²) in [6.07, 6.45) is -0.941. The number of nitrogens with one attached hydrogen (secondary N) is 1. The fourth-order valence-electron chi connectivity index (χ4n) is 2.47. The minimum atomic E-state index is -0.941. The molecule has 134 valence electrons.